The number of carbonyl (C=O) groups is 1. The lowest BCUT2D eigenvalue weighted by Crippen LogP contribution is -2.36. The molecule has 0 radical (unpaired) electrons. The van der Waals surface area contributed by atoms with Crippen molar-refractivity contribution < 1.29 is 13.9 Å². The third kappa shape index (κ3) is 2.74. The van der Waals surface area contributed by atoms with Gasteiger partial charge in [0.05, 0.1) is 6.61 Å². The topological polar surface area (TPSA) is 47.6 Å². The largest absolute Gasteiger partial charge is 0.460 e. The van der Waals surface area contributed by atoms with Gasteiger partial charge in [0.25, 0.3) is 0 Å². The predicted octanol–water partition coefficient (Wildman–Crippen LogP) is 3.99. The van der Waals surface area contributed by atoms with Gasteiger partial charge in [-0.15, -0.1) is 0 Å². The maximum atomic E-state index is 12.4. The molecule has 1 aromatic carbocycles. The summed E-state index contributed by atoms with van der Waals surface area (Å²) in [5.41, 5.74) is 2.95. The number of hydrogen-bond donors (Lipinski definition) is 0. The number of nitrogens with zero attached hydrogens (tertiary/aromatic N) is 2. The Bertz CT molecular complexity index is 909. The second kappa shape index (κ2) is 6.41. The molecule has 1 atom stereocenters. The van der Waals surface area contributed by atoms with E-state index in [4.69, 9.17) is 9.15 Å². The van der Waals surface area contributed by atoms with E-state index in [-0.39, 0.29) is 12.0 Å². The first-order valence-electron chi connectivity index (χ1n) is 8.75. The minimum absolute atomic E-state index is 0.285. The highest BCUT2D eigenvalue weighted by molar-refractivity contribution is 5.96. The van der Waals surface area contributed by atoms with Crippen LogP contribution >= 0.6 is 0 Å². The first-order chi connectivity index (χ1) is 12.2. The zero-order valence-corrected chi connectivity index (χ0v) is 14.6. The van der Waals surface area contributed by atoms with Crippen molar-refractivity contribution in [2.24, 2.45) is 0 Å². The number of fused-ring (bicyclic) bond motifs is 2. The lowest BCUT2D eigenvalue weighted by molar-refractivity contribution is 0.0487. The van der Waals surface area contributed by atoms with Gasteiger partial charge >= 0.3 is 5.97 Å². The van der Waals surface area contributed by atoms with Gasteiger partial charge in [0.1, 0.15) is 5.58 Å². The standard InChI is InChI=1S/C20H22N2O3/c1-3-24-20(23)19-16(15-7-4-5-9-18(15)25-19)13-22-12-11-21-10-6-8-17(21)14(22)2/h4-10,14H,3,11-13H2,1-2H3. The minimum atomic E-state index is -0.387. The molecule has 0 saturated carbocycles. The Balaban J connectivity index is 1.71. The summed E-state index contributed by atoms with van der Waals surface area (Å²) < 4.78 is 13.3. The molecule has 4 rings (SSSR count). The van der Waals surface area contributed by atoms with Gasteiger partial charge in [-0.2, -0.15) is 0 Å². The smallest absolute Gasteiger partial charge is 0.374 e. The molecule has 0 aliphatic carbocycles. The fourth-order valence-corrected chi connectivity index (χ4v) is 3.66. The van der Waals surface area contributed by atoms with E-state index in [9.17, 15) is 4.79 Å². The van der Waals surface area contributed by atoms with E-state index in [0.29, 0.717) is 18.9 Å². The number of rotatable bonds is 4. The molecule has 1 unspecified atom stereocenters. The van der Waals surface area contributed by atoms with Crippen molar-refractivity contribution in [1.82, 2.24) is 9.47 Å². The van der Waals surface area contributed by atoms with Gasteiger partial charge in [-0.25, -0.2) is 4.79 Å². The van der Waals surface area contributed by atoms with E-state index in [1.807, 2.05) is 24.3 Å². The van der Waals surface area contributed by atoms with Crippen molar-refractivity contribution in [2.45, 2.75) is 33.0 Å². The third-order valence-electron chi connectivity index (χ3n) is 4.99. The molecule has 0 N–H and O–H groups in total. The molecule has 1 aliphatic heterocycles. The molecular formula is C20H22N2O3. The Morgan fingerprint density at radius 3 is 2.92 bits per heavy atom. The summed E-state index contributed by atoms with van der Waals surface area (Å²) in [6, 6.07) is 12.3. The SMILES string of the molecule is CCOC(=O)c1oc2ccccc2c1CN1CCn2cccc2C1C. The van der Waals surface area contributed by atoms with Crippen molar-refractivity contribution in [3.63, 3.8) is 0 Å². The normalized spacial score (nSPS) is 17.6. The maximum Gasteiger partial charge on any atom is 0.374 e. The van der Waals surface area contributed by atoms with E-state index in [0.717, 1.165) is 29.6 Å². The molecule has 0 saturated heterocycles. The Morgan fingerprint density at radius 1 is 1.24 bits per heavy atom. The number of furan rings is 1. The number of aromatic nitrogens is 1. The summed E-state index contributed by atoms with van der Waals surface area (Å²) in [4.78, 5) is 14.8. The van der Waals surface area contributed by atoms with Crippen LogP contribution in [0.3, 0.4) is 0 Å². The van der Waals surface area contributed by atoms with E-state index < -0.39 is 0 Å². The first kappa shape index (κ1) is 16.0. The lowest BCUT2D eigenvalue weighted by atomic mass is 10.1. The average molecular weight is 338 g/mol. The van der Waals surface area contributed by atoms with Gasteiger partial charge in [0, 0.05) is 48.5 Å². The monoisotopic (exact) mass is 338 g/mol. The summed E-state index contributed by atoms with van der Waals surface area (Å²) in [7, 11) is 0. The summed E-state index contributed by atoms with van der Waals surface area (Å²) in [5, 5.41) is 0.985. The average Bonchev–Trinajstić information content (AvgIpc) is 3.23. The van der Waals surface area contributed by atoms with Crippen LogP contribution in [0, 0.1) is 0 Å². The van der Waals surface area contributed by atoms with Crippen LogP contribution < -0.4 is 0 Å². The number of ether oxygens (including phenoxy) is 1. The van der Waals surface area contributed by atoms with Gasteiger partial charge < -0.3 is 13.7 Å². The van der Waals surface area contributed by atoms with Gasteiger partial charge in [0.2, 0.25) is 5.76 Å². The molecular weight excluding hydrogens is 316 g/mol. The summed E-state index contributed by atoms with van der Waals surface area (Å²) in [6.45, 7) is 6.90. The highest BCUT2D eigenvalue weighted by Crippen LogP contribution is 2.32. The Labute approximate surface area is 146 Å². The van der Waals surface area contributed by atoms with Gasteiger partial charge in [-0.05, 0) is 32.0 Å². The zero-order chi connectivity index (χ0) is 17.4. The predicted molar refractivity (Wildman–Crippen MR) is 95.4 cm³/mol. The summed E-state index contributed by atoms with van der Waals surface area (Å²) >= 11 is 0. The highest BCUT2D eigenvalue weighted by Gasteiger charge is 2.28. The molecule has 2 aromatic heterocycles. The van der Waals surface area contributed by atoms with E-state index in [2.05, 4.69) is 34.7 Å². The quantitative estimate of drug-likeness (QED) is 0.675. The van der Waals surface area contributed by atoms with Crippen LogP contribution in [-0.4, -0.2) is 28.6 Å². The van der Waals surface area contributed by atoms with E-state index >= 15 is 0 Å². The van der Waals surface area contributed by atoms with Crippen molar-refractivity contribution in [3.8, 4) is 0 Å². The molecule has 0 fully saturated rings. The first-order valence-corrected chi connectivity index (χ1v) is 8.75. The number of carbonyl (C=O) groups excluding carboxylic acids is 1. The molecule has 3 heterocycles. The fourth-order valence-electron chi connectivity index (χ4n) is 3.66. The molecule has 25 heavy (non-hydrogen) atoms. The Hall–Kier alpha value is -2.53. The van der Waals surface area contributed by atoms with Crippen molar-refractivity contribution >= 4 is 16.9 Å². The second-order valence-corrected chi connectivity index (χ2v) is 6.40. The fraction of sp³-hybridized carbons (Fsp3) is 0.350. The van der Waals surface area contributed by atoms with Crippen LogP contribution in [0.5, 0.6) is 0 Å². The molecule has 3 aromatic rings. The number of hydrogen-bond acceptors (Lipinski definition) is 4. The maximum absolute atomic E-state index is 12.4. The van der Waals surface area contributed by atoms with Crippen molar-refractivity contribution in [2.75, 3.05) is 13.2 Å². The Kier molecular flexibility index (Phi) is 4.09. The zero-order valence-electron chi connectivity index (χ0n) is 14.6. The molecule has 5 heteroatoms. The number of esters is 1. The van der Waals surface area contributed by atoms with Crippen LogP contribution in [-0.2, 0) is 17.8 Å². The van der Waals surface area contributed by atoms with Crippen molar-refractivity contribution in [1.29, 1.82) is 0 Å². The molecule has 0 spiro atoms. The van der Waals surface area contributed by atoms with E-state index in [1.165, 1.54) is 5.69 Å². The van der Waals surface area contributed by atoms with Gasteiger partial charge in [-0.3, -0.25) is 4.90 Å². The summed E-state index contributed by atoms with van der Waals surface area (Å²) in [6.07, 6.45) is 2.13. The molecule has 1 aliphatic rings. The third-order valence-corrected chi connectivity index (χ3v) is 4.99. The van der Waals surface area contributed by atoms with Crippen LogP contribution in [0.25, 0.3) is 11.0 Å². The van der Waals surface area contributed by atoms with E-state index in [1.54, 1.807) is 6.92 Å². The second-order valence-electron chi connectivity index (χ2n) is 6.40. The highest BCUT2D eigenvalue weighted by atomic mass is 16.5. The number of para-hydroxylation sites is 1. The molecule has 0 amide bonds. The number of benzene rings is 1. The Morgan fingerprint density at radius 2 is 2.08 bits per heavy atom. The molecule has 0 bridgehead atoms. The lowest BCUT2D eigenvalue weighted by Gasteiger charge is -2.34. The van der Waals surface area contributed by atoms with Crippen LogP contribution in [0.4, 0.5) is 0 Å². The minimum Gasteiger partial charge on any atom is -0.460 e. The summed E-state index contributed by atoms with van der Waals surface area (Å²) in [5.74, 6) is -0.0575. The van der Waals surface area contributed by atoms with Gasteiger partial charge in [-0.1, -0.05) is 18.2 Å². The molecule has 5 nitrogen and oxygen atoms in total. The van der Waals surface area contributed by atoms with Crippen molar-refractivity contribution in [3.05, 3.63) is 59.6 Å². The molecule has 130 valence electrons. The van der Waals surface area contributed by atoms with Crippen LogP contribution in [0.1, 0.15) is 41.7 Å². The van der Waals surface area contributed by atoms with Gasteiger partial charge in [0.15, 0.2) is 0 Å². The van der Waals surface area contributed by atoms with Crippen LogP contribution in [0.2, 0.25) is 0 Å². The van der Waals surface area contributed by atoms with Crippen LogP contribution in [0.15, 0.2) is 47.0 Å².